The summed E-state index contributed by atoms with van der Waals surface area (Å²) < 4.78 is 0. The van der Waals surface area contributed by atoms with Gasteiger partial charge in [-0.1, -0.05) is 17.9 Å². The first-order valence-corrected chi connectivity index (χ1v) is 8.50. The maximum atomic E-state index is 11.2. The van der Waals surface area contributed by atoms with Gasteiger partial charge in [0.25, 0.3) is 0 Å². The van der Waals surface area contributed by atoms with Crippen LogP contribution in [0.25, 0.3) is 0 Å². The Morgan fingerprint density at radius 2 is 2.17 bits per heavy atom. The van der Waals surface area contributed by atoms with Crippen molar-refractivity contribution in [1.29, 1.82) is 0 Å². The summed E-state index contributed by atoms with van der Waals surface area (Å²) in [6.45, 7) is 5.84. The molecule has 2 heterocycles. The van der Waals surface area contributed by atoms with Crippen LogP contribution in [0.2, 0.25) is 0 Å². The number of benzene rings is 1. The Labute approximate surface area is 138 Å². The number of fused-ring (bicyclic) bond motifs is 1. The molecule has 0 saturated carbocycles. The molecule has 4 heteroatoms. The van der Waals surface area contributed by atoms with Crippen molar-refractivity contribution in [2.45, 2.75) is 32.2 Å². The summed E-state index contributed by atoms with van der Waals surface area (Å²) in [5, 5.41) is 3.48. The van der Waals surface area contributed by atoms with Gasteiger partial charge in [-0.2, -0.15) is 0 Å². The van der Waals surface area contributed by atoms with E-state index < -0.39 is 0 Å². The molecule has 1 aromatic rings. The molecule has 0 aliphatic carbocycles. The van der Waals surface area contributed by atoms with Gasteiger partial charge in [-0.15, -0.1) is 0 Å². The molecule has 0 radical (unpaired) electrons. The van der Waals surface area contributed by atoms with Crippen molar-refractivity contribution in [2.24, 2.45) is 11.7 Å². The number of amides is 1. The van der Waals surface area contributed by atoms with Crippen molar-refractivity contribution in [2.75, 3.05) is 26.2 Å². The van der Waals surface area contributed by atoms with Gasteiger partial charge in [0, 0.05) is 17.5 Å². The van der Waals surface area contributed by atoms with Gasteiger partial charge in [0.15, 0.2) is 0 Å². The zero-order valence-electron chi connectivity index (χ0n) is 13.8. The normalized spacial score (nSPS) is 22.0. The lowest BCUT2D eigenvalue weighted by Gasteiger charge is -2.28. The van der Waals surface area contributed by atoms with Crippen molar-refractivity contribution in [1.82, 2.24) is 10.2 Å². The number of nitrogens with one attached hydrogen (secondary N) is 1. The first kappa shape index (κ1) is 16.0. The monoisotopic (exact) mass is 311 g/mol. The summed E-state index contributed by atoms with van der Waals surface area (Å²) in [5.41, 5.74) is 9.29. The van der Waals surface area contributed by atoms with Crippen LogP contribution in [0.1, 0.15) is 42.5 Å². The van der Waals surface area contributed by atoms with Crippen LogP contribution in [0.4, 0.5) is 0 Å². The number of likely N-dealkylation sites (tertiary alicyclic amines) is 1. The number of nitrogens with zero attached hydrogens (tertiary/aromatic N) is 1. The largest absolute Gasteiger partial charge is 0.369 e. The lowest BCUT2D eigenvalue weighted by Crippen LogP contribution is -2.38. The molecule has 3 rings (SSSR count). The van der Waals surface area contributed by atoms with Gasteiger partial charge >= 0.3 is 0 Å². The number of piperidine rings is 1. The van der Waals surface area contributed by atoms with Gasteiger partial charge in [0.2, 0.25) is 5.91 Å². The molecule has 1 atom stereocenters. The van der Waals surface area contributed by atoms with E-state index >= 15 is 0 Å². The fourth-order valence-corrected chi connectivity index (χ4v) is 3.48. The highest BCUT2D eigenvalue weighted by Crippen LogP contribution is 2.23. The molecule has 0 spiro atoms. The van der Waals surface area contributed by atoms with E-state index in [1.807, 2.05) is 0 Å². The predicted octanol–water partition coefficient (Wildman–Crippen LogP) is 1.44. The Kier molecular flexibility index (Phi) is 5.00. The quantitative estimate of drug-likeness (QED) is 0.813. The Morgan fingerprint density at radius 3 is 2.91 bits per heavy atom. The molecule has 122 valence electrons. The second-order valence-electron chi connectivity index (χ2n) is 6.59. The Balaban J connectivity index is 1.57. The van der Waals surface area contributed by atoms with E-state index in [1.165, 1.54) is 11.1 Å². The third kappa shape index (κ3) is 3.93. The predicted molar refractivity (Wildman–Crippen MR) is 91.8 cm³/mol. The number of nitrogens with two attached hydrogens (primary N) is 1. The van der Waals surface area contributed by atoms with Gasteiger partial charge in [-0.3, -0.25) is 9.69 Å². The summed E-state index contributed by atoms with van der Waals surface area (Å²) in [7, 11) is 0. The van der Waals surface area contributed by atoms with Crippen molar-refractivity contribution in [3.63, 3.8) is 0 Å². The van der Waals surface area contributed by atoms with Crippen LogP contribution in [-0.2, 0) is 11.2 Å². The highest BCUT2D eigenvalue weighted by Gasteiger charge is 2.22. The summed E-state index contributed by atoms with van der Waals surface area (Å²) in [6, 6.07) is 7.00. The number of primary amides is 1. The lowest BCUT2D eigenvalue weighted by atomic mass is 9.93. The molecular weight excluding hydrogens is 286 g/mol. The smallest absolute Gasteiger partial charge is 0.220 e. The van der Waals surface area contributed by atoms with E-state index in [0.29, 0.717) is 6.04 Å². The van der Waals surface area contributed by atoms with E-state index in [9.17, 15) is 4.79 Å². The molecule has 1 aromatic carbocycles. The highest BCUT2D eigenvalue weighted by atomic mass is 16.1. The summed E-state index contributed by atoms with van der Waals surface area (Å²) in [5.74, 6) is 6.46. The molecule has 1 fully saturated rings. The van der Waals surface area contributed by atoms with E-state index in [1.54, 1.807) is 0 Å². The van der Waals surface area contributed by atoms with Crippen LogP contribution >= 0.6 is 0 Å². The number of hydrogen-bond acceptors (Lipinski definition) is 3. The van der Waals surface area contributed by atoms with Crippen molar-refractivity contribution in [3.8, 4) is 11.8 Å². The first-order valence-electron chi connectivity index (χ1n) is 8.50. The fraction of sp³-hybridized carbons (Fsp3) is 0.526. The average molecular weight is 311 g/mol. The van der Waals surface area contributed by atoms with Gasteiger partial charge in [-0.25, -0.2) is 0 Å². The van der Waals surface area contributed by atoms with Crippen molar-refractivity contribution in [3.05, 3.63) is 34.9 Å². The van der Waals surface area contributed by atoms with E-state index in [2.05, 4.69) is 47.2 Å². The molecule has 3 N–H and O–H groups in total. The molecule has 1 saturated heterocycles. The topological polar surface area (TPSA) is 58.4 Å². The third-order valence-electron chi connectivity index (χ3n) is 4.98. The Morgan fingerprint density at radius 1 is 1.39 bits per heavy atom. The van der Waals surface area contributed by atoms with Crippen LogP contribution < -0.4 is 11.1 Å². The summed E-state index contributed by atoms with van der Waals surface area (Å²) in [4.78, 5) is 13.5. The molecule has 0 aromatic heterocycles. The van der Waals surface area contributed by atoms with Crippen LogP contribution in [-0.4, -0.2) is 37.0 Å². The summed E-state index contributed by atoms with van der Waals surface area (Å²) in [6.07, 6.45) is 2.80. The third-order valence-corrected chi connectivity index (χ3v) is 4.98. The highest BCUT2D eigenvalue weighted by molar-refractivity contribution is 5.76. The lowest BCUT2D eigenvalue weighted by molar-refractivity contribution is -0.123. The minimum Gasteiger partial charge on any atom is -0.369 e. The van der Waals surface area contributed by atoms with Gasteiger partial charge in [0.05, 0.1) is 6.54 Å². The van der Waals surface area contributed by atoms with Crippen LogP contribution in [0, 0.1) is 17.8 Å². The second kappa shape index (κ2) is 7.16. The maximum absolute atomic E-state index is 11.2. The Hall–Kier alpha value is -1.83. The number of carbonyl (C=O) groups excluding carboxylic acids is 1. The number of rotatable bonds is 2. The molecule has 1 amide bonds. The van der Waals surface area contributed by atoms with Gasteiger partial charge in [-0.05, 0) is 69.1 Å². The molecule has 4 nitrogen and oxygen atoms in total. The van der Waals surface area contributed by atoms with E-state index in [0.717, 1.165) is 51.0 Å². The molecular formula is C19H25N3O. The van der Waals surface area contributed by atoms with Crippen LogP contribution in [0.5, 0.6) is 0 Å². The van der Waals surface area contributed by atoms with E-state index in [-0.39, 0.29) is 11.8 Å². The fourth-order valence-electron chi connectivity index (χ4n) is 3.48. The second-order valence-corrected chi connectivity index (χ2v) is 6.59. The molecule has 0 bridgehead atoms. The maximum Gasteiger partial charge on any atom is 0.220 e. The first-order chi connectivity index (χ1) is 11.1. The number of hydrogen-bond donors (Lipinski definition) is 2. The average Bonchev–Trinajstić information content (AvgIpc) is 2.55. The molecule has 1 unspecified atom stereocenters. The number of carbonyl (C=O) groups is 1. The molecule has 2 aliphatic heterocycles. The van der Waals surface area contributed by atoms with Gasteiger partial charge < -0.3 is 11.1 Å². The van der Waals surface area contributed by atoms with Crippen molar-refractivity contribution < 1.29 is 4.79 Å². The van der Waals surface area contributed by atoms with Crippen LogP contribution in [0.3, 0.4) is 0 Å². The summed E-state index contributed by atoms with van der Waals surface area (Å²) >= 11 is 0. The van der Waals surface area contributed by atoms with Crippen molar-refractivity contribution >= 4 is 5.91 Å². The molecule has 23 heavy (non-hydrogen) atoms. The Bertz CT molecular complexity index is 636. The minimum absolute atomic E-state index is 0.0513. The minimum atomic E-state index is -0.159. The van der Waals surface area contributed by atoms with E-state index in [4.69, 9.17) is 5.73 Å². The van der Waals surface area contributed by atoms with Crippen LogP contribution in [0.15, 0.2) is 18.2 Å². The zero-order valence-corrected chi connectivity index (χ0v) is 13.8. The SMILES string of the molecule is CC1NCCc2cc(C#CCN3CCC(C(N)=O)CC3)ccc21. The van der Waals surface area contributed by atoms with Gasteiger partial charge in [0.1, 0.15) is 0 Å². The molecule has 2 aliphatic rings. The standard InChI is InChI=1S/C19H25N3O/c1-14-18-5-4-15(13-17(18)6-9-21-14)3-2-10-22-11-7-16(8-12-22)19(20)23/h4-5,13-14,16,21H,6-12H2,1H3,(H2,20,23). The zero-order chi connectivity index (χ0) is 16.2.